The van der Waals surface area contributed by atoms with Crippen molar-refractivity contribution in [2.75, 3.05) is 20.7 Å². The fourth-order valence-electron chi connectivity index (χ4n) is 1.91. The molecular formula is C12H15NO3. The molecule has 16 heavy (non-hydrogen) atoms. The fourth-order valence-corrected chi connectivity index (χ4v) is 1.91. The number of hydrogen-bond acceptors (Lipinski definition) is 3. The summed E-state index contributed by atoms with van der Waals surface area (Å²) in [4.78, 5) is 13.1. The summed E-state index contributed by atoms with van der Waals surface area (Å²) in [7, 11) is 4.00. The van der Waals surface area contributed by atoms with Gasteiger partial charge in [-0.05, 0) is 32.1 Å². The summed E-state index contributed by atoms with van der Waals surface area (Å²) < 4.78 is 5.57. The molecule has 1 heterocycles. The van der Waals surface area contributed by atoms with Crippen molar-refractivity contribution in [1.82, 2.24) is 4.90 Å². The highest BCUT2D eigenvalue weighted by Gasteiger charge is 2.25. The summed E-state index contributed by atoms with van der Waals surface area (Å²) in [5, 5.41) is 9.03. The van der Waals surface area contributed by atoms with Crippen molar-refractivity contribution in [3.05, 3.63) is 29.3 Å². The smallest absolute Gasteiger partial charge is 0.339 e. The van der Waals surface area contributed by atoms with Crippen molar-refractivity contribution in [3.63, 3.8) is 0 Å². The van der Waals surface area contributed by atoms with Crippen molar-refractivity contribution in [3.8, 4) is 5.75 Å². The van der Waals surface area contributed by atoms with E-state index in [4.69, 9.17) is 9.84 Å². The van der Waals surface area contributed by atoms with E-state index in [1.807, 2.05) is 20.2 Å². The second-order valence-electron chi connectivity index (χ2n) is 4.23. The molecule has 1 aromatic carbocycles. The monoisotopic (exact) mass is 221 g/mol. The number of ether oxygens (including phenoxy) is 1. The summed E-state index contributed by atoms with van der Waals surface area (Å²) in [6.07, 6.45) is 0.837. The Labute approximate surface area is 94.4 Å². The van der Waals surface area contributed by atoms with E-state index in [-0.39, 0.29) is 5.56 Å². The van der Waals surface area contributed by atoms with Gasteiger partial charge >= 0.3 is 5.97 Å². The summed E-state index contributed by atoms with van der Waals surface area (Å²) in [5.74, 6) is -0.395. The molecule has 0 radical (unpaired) electrons. The Bertz CT molecular complexity index is 415. The van der Waals surface area contributed by atoms with Crippen LogP contribution in [0.5, 0.6) is 5.75 Å². The quantitative estimate of drug-likeness (QED) is 0.816. The third kappa shape index (κ3) is 1.88. The second kappa shape index (κ2) is 4.14. The molecule has 2 rings (SSSR count). The standard InChI is InChI=1S/C12H15NO3/c1-13(2)9-6-8-4-3-5-10(12(14)15)11(8)16-7-9/h3-5,9H,6-7H2,1-2H3,(H,14,15). The molecule has 0 fully saturated rings. The van der Waals surface area contributed by atoms with Crippen LogP contribution in [-0.2, 0) is 6.42 Å². The Morgan fingerprint density at radius 1 is 1.50 bits per heavy atom. The van der Waals surface area contributed by atoms with Crippen LogP contribution in [-0.4, -0.2) is 42.7 Å². The molecule has 1 N–H and O–H groups in total. The molecule has 4 heteroatoms. The molecule has 1 aliphatic rings. The molecule has 0 bridgehead atoms. The van der Waals surface area contributed by atoms with Crippen LogP contribution in [0.25, 0.3) is 0 Å². The van der Waals surface area contributed by atoms with Crippen LogP contribution in [0.2, 0.25) is 0 Å². The number of carbonyl (C=O) groups is 1. The minimum absolute atomic E-state index is 0.259. The molecule has 0 aliphatic carbocycles. The van der Waals surface area contributed by atoms with Gasteiger partial charge in [0.15, 0.2) is 0 Å². The maximum atomic E-state index is 11.0. The van der Waals surface area contributed by atoms with Crippen LogP contribution < -0.4 is 4.74 Å². The first-order valence-electron chi connectivity index (χ1n) is 5.24. The largest absolute Gasteiger partial charge is 0.491 e. The number of hydrogen-bond donors (Lipinski definition) is 1. The van der Waals surface area contributed by atoms with Crippen LogP contribution in [0.4, 0.5) is 0 Å². The maximum Gasteiger partial charge on any atom is 0.339 e. The van der Waals surface area contributed by atoms with Gasteiger partial charge in [-0.2, -0.15) is 0 Å². The molecule has 86 valence electrons. The third-order valence-electron chi connectivity index (χ3n) is 2.93. The Hall–Kier alpha value is -1.55. The molecule has 1 aliphatic heterocycles. The van der Waals surface area contributed by atoms with Crippen molar-refractivity contribution in [2.45, 2.75) is 12.5 Å². The number of aromatic carboxylic acids is 1. The van der Waals surface area contributed by atoms with E-state index in [0.29, 0.717) is 18.4 Å². The zero-order valence-electron chi connectivity index (χ0n) is 9.43. The van der Waals surface area contributed by atoms with Crippen LogP contribution in [0.1, 0.15) is 15.9 Å². The molecule has 1 aromatic rings. The lowest BCUT2D eigenvalue weighted by Crippen LogP contribution is -2.38. The number of carboxylic acid groups (broad SMARTS) is 1. The predicted molar refractivity (Wildman–Crippen MR) is 60.1 cm³/mol. The molecule has 0 amide bonds. The highest BCUT2D eigenvalue weighted by Crippen LogP contribution is 2.29. The van der Waals surface area contributed by atoms with Gasteiger partial charge in [-0.15, -0.1) is 0 Å². The van der Waals surface area contributed by atoms with Gasteiger partial charge in [-0.25, -0.2) is 4.79 Å². The van der Waals surface area contributed by atoms with Gasteiger partial charge in [0.25, 0.3) is 0 Å². The number of nitrogens with zero attached hydrogens (tertiary/aromatic N) is 1. The lowest BCUT2D eigenvalue weighted by molar-refractivity contribution is 0.0687. The summed E-state index contributed by atoms with van der Waals surface area (Å²) in [6, 6.07) is 5.59. The Morgan fingerprint density at radius 2 is 2.25 bits per heavy atom. The van der Waals surface area contributed by atoms with Gasteiger partial charge in [0, 0.05) is 6.04 Å². The van der Waals surface area contributed by atoms with E-state index in [0.717, 1.165) is 12.0 Å². The minimum atomic E-state index is -0.930. The van der Waals surface area contributed by atoms with Gasteiger partial charge in [0.05, 0.1) is 0 Å². The number of rotatable bonds is 2. The van der Waals surface area contributed by atoms with Crippen molar-refractivity contribution in [1.29, 1.82) is 0 Å². The number of fused-ring (bicyclic) bond motifs is 1. The number of carboxylic acids is 1. The van der Waals surface area contributed by atoms with Crippen molar-refractivity contribution in [2.24, 2.45) is 0 Å². The van der Waals surface area contributed by atoms with E-state index >= 15 is 0 Å². The summed E-state index contributed by atoms with van der Waals surface area (Å²) >= 11 is 0. The first-order chi connectivity index (χ1) is 7.59. The van der Waals surface area contributed by atoms with Gasteiger partial charge in [-0.1, -0.05) is 12.1 Å². The highest BCUT2D eigenvalue weighted by atomic mass is 16.5. The second-order valence-corrected chi connectivity index (χ2v) is 4.23. The summed E-state index contributed by atoms with van der Waals surface area (Å²) in [5.41, 5.74) is 1.24. The van der Waals surface area contributed by atoms with Crippen LogP contribution in [0.3, 0.4) is 0 Å². The minimum Gasteiger partial charge on any atom is -0.491 e. The first-order valence-corrected chi connectivity index (χ1v) is 5.24. The maximum absolute atomic E-state index is 11.0. The van der Waals surface area contributed by atoms with E-state index < -0.39 is 5.97 Å². The van der Waals surface area contributed by atoms with Crippen LogP contribution in [0, 0.1) is 0 Å². The Morgan fingerprint density at radius 3 is 2.88 bits per heavy atom. The van der Waals surface area contributed by atoms with Crippen molar-refractivity contribution < 1.29 is 14.6 Å². The molecule has 0 spiro atoms. The third-order valence-corrected chi connectivity index (χ3v) is 2.93. The topological polar surface area (TPSA) is 49.8 Å². The van der Waals surface area contributed by atoms with Gasteiger partial charge in [-0.3, -0.25) is 0 Å². The Kier molecular flexibility index (Phi) is 2.83. The van der Waals surface area contributed by atoms with Gasteiger partial charge < -0.3 is 14.7 Å². The molecule has 0 aromatic heterocycles. The lowest BCUT2D eigenvalue weighted by atomic mass is 9.99. The molecule has 0 saturated carbocycles. The zero-order valence-corrected chi connectivity index (χ0v) is 9.43. The van der Waals surface area contributed by atoms with Gasteiger partial charge in [0.1, 0.15) is 17.9 Å². The molecular weight excluding hydrogens is 206 g/mol. The lowest BCUT2D eigenvalue weighted by Gasteiger charge is -2.30. The van der Waals surface area contributed by atoms with Crippen LogP contribution >= 0.6 is 0 Å². The number of likely N-dealkylation sites (N-methyl/N-ethyl adjacent to an activating group) is 1. The van der Waals surface area contributed by atoms with E-state index in [2.05, 4.69) is 4.90 Å². The number of para-hydroxylation sites is 1. The van der Waals surface area contributed by atoms with Gasteiger partial charge in [0.2, 0.25) is 0 Å². The molecule has 4 nitrogen and oxygen atoms in total. The molecule has 1 unspecified atom stereocenters. The predicted octanol–water partition coefficient (Wildman–Crippen LogP) is 1.25. The summed E-state index contributed by atoms with van der Waals surface area (Å²) in [6.45, 7) is 0.546. The van der Waals surface area contributed by atoms with E-state index in [1.165, 1.54) is 0 Å². The number of benzene rings is 1. The fraction of sp³-hybridized carbons (Fsp3) is 0.417. The first kappa shape index (κ1) is 11.0. The molecule has 1 atom stereocenters. The highest BCUT2D eigenvalue weighted by molar-refractivity contribution is 5.91. The van der Waals surface area contributed by atoms with E-state index in [1.54, 1.807) is 12.1 Å². The average molecular weight is 221 g/mol. The Balaban J connectivity index is 2.34. The SMILES string of the molecule is CN(C)C1COc2c(cccc2C(=O)O)C1. The average Bonchev–Trinajstić information content (AvgIpc) is 2.27. The normalized spacial score (nSPS) is 19.1. The zero-order chi connectivity index (χ0) is 11.7. The molecule has 0 saturated heterocycles. The van der Waals surface area contributed by atoms with Crippen LogP contribution in [0.15, 0.2) is 18.2 Å². The van der Waals surface area contributed by atoms with Crippen molar-refractivity contribution >= 4 is 5.97 Å². The van der Waals surface area contributed by atoms with E-state index in [9.17, 15) is 4.79 Å².